The maximum atomic E-state index is 9.00. The van der Waals surface area contributed by atoms with E-state index in [1.165, 1.54) is 0 Å². The van der Waals surface area contributed by atoms with Gasteiger partial charge in [0, 0.05) is 50.2 Å². The summed E-state index contributed by atoms with van der Waals surface area (Å²) in [6, 6.07) is 10.5. The SMILES string of the molecule is CN(C)CCCNc1nc(CN2CCN(CC3C=CC(C#N)=CC3)CC2)nc2ccccc12. The van der Waals surface area contributed by atoms with Crippen molar-refractivity contribution >= 4 is 16.7 Å². The van der Waals surface area contributed by atoms with Crippen LogP contribution in [0.1, 0.15) is 18.7 Å². The second-order valence-electron chi connectivity index (χ2n) is 9.29. The Morgan fingerprint density at radius 3 is 2.64 bits per heavy atom. The number of aromatic nitrogens is 2. The number of anilines is 1. The van der Waals surface area contributed by atoms with Crippen molar-refractivity contribution < 1.29 is 0 Å². The van der Waals surface area contributed by atoms with Crippen LogP contribution in [0.25, 0.3) is 10.9 Å². The topological polar surface area (TPSA) is 71.3 Å². The summed E-state index contributed by atoms with van der Waals surface area (Å²) in [5, 5.41) is 13.6. The van der Waals surface area contributed by atoms with Crippen LogP contribution in [0.3, 0.4) is 0 Å². The monoisotopic (exact) mass is 445 g/mol. The van der Waals surface area contributed by atoms with E-state index in [2.05, 4.69) is 64.5 Å². The minimum absolute atomic E-state index is 0.513. The highest BCUT2D eigenvalue weighted by molar-refractivity contribution is 5.88. The molecule has 1 aliphatic heterocycles. The van der Waals surface area contributed by atoms with Gasteiger partial charge in [-0.15, -0.1) is 0 Å². The lowest BCUT2D eigenvalue weighted by Gasteiger charge is -2.36. The molecule has 2 heterocycles. The summed E-state index contributed by atoms with van der Waals surface area (Å²) < 4.78 is 0. The van der Waals surface area contributed by atoms with Gasteiger partial charge in [-0.3, -0.25) is 4.90 Å². The molecule has 0 radical (unpaired) electrons. The van der Waals surface area contributed by atoms with E-state index >= 15 is 0 Å². The highest BCUT2D eigenvalue weighted by Gasteiger charge is 2.21. The average Bonchev–Trinajstić information content (AvgIpc) is 2.83. The molecule has 0 saturated carbocycles. The first-order valence-electron chi connectivity index (χ1n) is 12.0. The molecule has 7 nitrogen and oxygen atoms in total. The Bertz CT molecular complexity index is 1030. The third kappa shape index (κ3) is 6.61. The molecule has 2 aliphatic rings. The van der Waals surface area contributed by atoms with Gasteiger partial charge in [-0.05, 0) is 57.6 Å². The minimum atomic E-state index is 0.513. The average molecular weight is 446 g/mol. The van der Waals surface area contributed by atoms with Crippen LogP contribution >= 0.6 is 0 Å². The van der Waals surface area contributed by atoms with Crippen LogP contribution in [0.15, 0.2) is 48.1 Å². The largest absolute Gasteiger partial charge is 0.369 e. The van der Waals surface area contributed by atoms with Crippen LogP contribution in [-0.4, -0.2) is 84.6 Å². The van der Waals surface area contributed by atoms with Crippen LogP contribution in [0.4, 0.5) is 5.82 Å². The van der Waals surface area contributed by atoms with Crippen molar-refractivity contribution in [1.82, 2.24) is 24.7 Å². The Kier molecular flexibility index (Phi) is 8.05. The van der Waals surface area contributed by atoms with Crippen molar-refractivity contribution in [2.75, 3.05) is 65.2 Å². The first kappa shape index (κ1) is 23.4. The van der Waals surface area contributed by atoms with Gasteiger partial charge in [0.25, 0.3) is 0 Å². The van der Waals surface area contributed by atoms with E-state index in [-0.39, 0.29) is 0 Å². The number of allylic oxidation sites excluding steroid dienone is 3. The molecule has 0 spiro atoms. The number of hydrogen-bond donors (Lipinski definition) is 1. The Hall–Kier alpha value is -2.79. The number of hydrogen-bond acceptors (Lipinski definition) is 7. The first-order chi connectivity index (χ1) is 16.1. The van der Waals surface area contributed by atoms with Crippen LogP contribution < -0.4 is 5.32 Å². The van der Waals surface area contributed by atoms with Gasteiger partial charge in [-0.25, -0.2) is 9.97 Å². The molecule has 4 rings (SSSR count). The van der Waals surface area contributed by atoms with Crippen molar-refractivity contribution in [1.29, 1.82) is 5.26 Å². The third-order valence-electron chi connectivity index (χ3n) is 6.36. The molecule has 1 unspecified atom stereocenters. The van der Waals surface area contributed by atoms with E-state index in [4.69, 9.17) is 15.2 Å². The summed E-state index contributed by atoms with van der Waals surface area (Å²) in [5.74, 6) is 2.35. The summed E-state index contributed by atoms with van der Waals surface area (Å²) >= 11 is 0. The molecular weight excluding hydrogens is 410 g/mol. The van der Waals surface area contributed by atoms with Gasteiger partial charge in [0.1, 0.15) is 11.6 Å². The number of nitriles is 1. The number of piperazine rings is 1. The zero-order chi connectivity index (χ0) is 23.0. The first-order valence-corrected chi connectivity index (χ1v) is 12.0. The highest BCUT2D eigenvalue weighted by atomic mass is 15.3. The van der Waals surface area contributed by atoms with Gasteiger partial charge < -0.3 is 15.1 Å². The molecule has 1 atom stereocenters. The Morgan fingerprint density at radius 2 is 1.91 bits per heavy atom. The molecule has 0 bridgehead atoms. The maximum absolute atomic E-state index is 9.00. The van der Waals surface area contributed by atoms with Gasteiger partial charge >= 0.3 is 0 Å². The minimum Gasteiger partial charge on any atom is -0.369 e. The Balaban J connectivity index is 1.32. The summed E-state index contributed by atoms with van der Waals surface area (Å²) in [4.78, 5) is 17.0. The number of nitrogens with one attached hydrogen (secondary N) is 1. The molecule has 174 valence electrons. The normalized spacial score (nSPS) is 19.6. The van der Waals surface area contributed by atoms with Gasteiger partial charge in [0.05, 0.1) is 18.1 Å². The van der Waals surface area contributed by atoms with Gasteiger partial charge in [0.2, 0.25) is 0 Å². The lowest BCUT2D eigenvalue weighted by atomic mass is 9.96. The predicted octanol–water partition coefficient (Wildman–Crippen LogP) is 3.14. The standard InChI is InChI=1S/C26H35N7/c1-31(2)13-5-12-28-26-23-6-3-4-7-24(23)29-25(30-26)20-33-16-14-32(15-17-33)19-22-10-8-21(18-27)9-11-22/h3-4,6-10,22H,5,11-17,19-20H2,1-2H3,(H,28,29,30). The van der Waals surface area contributed by atoms with E-state index in [1.807, 2.05) is 18.2 Å². The fourth-order valence-electron chi connectivity index (χ4n) is 4.48. The smallest absolute Gasteiger partial charge is 0.145 e. The molecule has 33 heavy (non-hydrogen) atoms. The lowest BCUT2D eigenvalue weighted by molar-refractivity contribution is 0.117. The number of benzene rings is 1. The number of para-hydroxylation sites is 1. The summed E-state index contributed by atoms with van der Waals surface area (Å²) in [6.07, 6.45) is 8.26. The van der Waals surface area contributed by atoms with Gasteiger partial charge in [-0.2, -0.15) is 5.26 Å². The second kappa shape index (κ2) is 11.4. The number of nitrogens with zero attached hydrogens (tertiary/aromatic N) is 6. The number of fused-ring (bicyclic) bond motifs is 1. The van der Waals surface area contributed by atoms with E-state index in [0.29, 0.717) is 5.92 Å². The predicted molar refractivity (Wildman–Crippen MR) is 134 cm³/mol. The maximum Gasteiger partial charge on any atom is 0.145 e. The van der Waals surface area contributed by atoms with Crippen molar-refractivity contribution in [2.24, 2.45) is 5.92 Å². The fourth-order valence-corrected chi connectivity index (χ4v) is 4.48. The van der Waals surface area contributed by atoms with Crippen molar-refractivity contribution in [2.45, 2.75) is 19.4 Å². The summed E-state index contributed by atoms with van der Waals surface area (Å²) in [7, 11) is 4.21. The summed E-state index contributed by atoms with van der Waals surface area (Å²) in [6.45, 7) is 7.97. The van der Waals surface area contributed by atoms with Crippen LogP contribution in [0, 0.1) is 17.2 Å². The van der Waals surface area contributed by atoms with E-state index in [1.54, 1.807) is 0 Å². The molecule has 0 amide bonds. The van der Waals surface area contributed by atoms with Gasteiger partial charge in [0.15, 0.2) is 0 Å². The molecule has 1 aromatic heterocycles. The number of rotatable bonds is 9. The molecule has 7 heteroatoms. The van der Waals surface area contributed by atoms with Gasteiger partial charge in [-0.1, -0.05) is 24.3 Å². The van der Waals surface area contributed by atoms with Crippen LogP contribution in [-0.2, 0) is 6.54 Å². The van der Waals surface area contributed by atoms with Crippen molar-refractivity contribution in [3.8, 4) is 6.07 Å². The Morgan fingerprint density at radius 1 is 1.12 bits per heavy atom. The van der Waals surface area contributed by atoms with Crippen LogP contribution in [0.2, 0.25) is 0 Å². The van der Waals surface area contributed by atoms with Crippen molar-refractivity contribution in [3.05, 3.63) is 53.9 Å². The molecule has 2 aromatic rings. The molecule has 1 N–H and O–H groups in total. The zero-order valence-electron chi connectivity index (χ0n) is 19.9. The van der Waals surface area contributed by atoms with Crippen molar-refractivity contribution in [3.63, 3.8) is 0 Å². The quantitative estimate of drug-likeness (QED) is 0.595. The molecule has 1 aromatic carbocycles. The molecular formula is C26H35N7. The van der Waals surface area contributed by atoms with Crippen LogP contribution in [0.5, 0.6) is 0 Å². The molecule has 1 saturated heterocycles. The lowest BCUT2D eigenvalue weighted by Crippen LogP contribution is -2.47. The second-order valence-corrected chi connectivity index (χ2v) is 9.29. The fraction of sp³-hybridized carbons (Fsp3) is 0.500. The highest BCUT2D eigenvalue weighted by Crippen LogP contribution is 2.22. The zero-order valence-corrected chi connectivity index (χ0v) is 19.9. The third-order valence-corrected chi connectivity index (χ3v) is 6.36. The van der Waals surface area contributed by atoms with E-state index < -0.39 is 0 Å². The van der Waals surface area contributed by atoms with E-state index in [9.17, 15) is 0 Å². The van der Waals surface area contributed by atoms with E-state index in [0.717, 1.165) is 93.3 Å². The molecule has 1 aliphatic carbocycles. The summed E-state index contributed by atoms with van der Waals surface area (Å²) in [5.41, 5.74) is 1.79. The Labute approximate surface area is 197 Å². The molecule has 1 fully saturated rings.